The molecule has 0 saturated carbocycles. The van der Waals surface area contributed by atoms with Crippen LogP contribution in [0.3, 0.4) is 0 Å². The molecular weight excluding hydrogens is 404 g/mol. The van der Waals surface area contributed by atoms with Crippen LogP contribution in [0.4, 0.5) is 0 Å². The van der Waals surface area contributed by atoms with Gasteiger partial charge in [0.05, 0.1) is 19.9 Å². The second-order valence-corrected chi connectivity index (χ2v) is 7.19. The van der Waals surface area contributed by atoms with Crippen LogP contribution in [0.25, 0.3) is 0 Å². The Hall–Kier alpha value is -3.74. The molecule has 1 aromatic heterocycles. The highest BCUT2D eigenvalue weighted by Crippen LogP contribution is 2.25. The molecule has 7 nitrogen and oxygen atoms in total. The highest BCUT2D eigenvalue weighted by atomic mass is 16.5. The topological polar surface area (TPSA) is 68.2 Å². The Morgan fingerprint density at radius 2 is 1.78 bits per heavy atom. The Morgan fingerprint density at radius 3 is 2.44 bits per heavy atom. The van der Waals surface area contributed by atoms with Gasteiger partial charge in [-0.15, -0.1) is 0 Å². The van der Waals surface area contributed by atoms with E-state index in [4.69, 9.17) is 14.2 Å². The van der Waals surface area contributed by atoms with Crippen molar-refractivity contribution in [2.45, 2.75) is 19.7 Å². The fourth-order valence-electron chi connectivity index (χ4n) is 3.22. The standard InChI is InChI=1S/C25H30N4O3/c1-26-25(29(2)17-20-10-13-23(30-3)15-24(20)31-4)28-16-19-8-11-22(12-9-19)32-18-21-7-5-6-14-27-21/h5-15H,16-18H2,1-4H3,(H,26,28). The minimum atomic E-state index is 0.449. The minimum Gasteiger partial charge on any atom is -0.497 e. The number of nitrogens with one attached hydrogen (secondary N) is 1. The lowest BCUT2D eigenvalue weighted by Gasteiger charge is -2.23. The lowest BCUT2D eigenvalue weighted by atomic mass is 10.2. The lowest BCUT2D eigenvalue weighted by molar-refractivity contribution is 0.301. The summed E-state index contributed by atoms with van der Waals surface area (Å²) in [5.74, 6) is 3.15. The van der Waals surface area contributed by atoms with Gasteiger partial charge in [-0.05, 0) is 42.0 Å². The Balaban J connectivity index is 1.53. The normalized spacial score (nSPS) is 11.1. The van der Waals surface area contributed by atoms with Gasteiger partial charge in [0, 0.05) is 45.0 Å². The van der Waals surface area contributed by atoms with E-state index < -0.39 is 0 Å². The number of benzene rings is 2. The summed E-state index contributed by atoms with van der Waals surface area (Å²) in [5.41, 5.74) is 3.08. The van der Waals surface area contributed by atoms with Gasteiger partial charge in [0.2, 0.25) is 0 Å². The molecule has 0 radical (unpaired) electrons. The van der Waals surface area contributed by atoms with Gasteiger partial charge in [0.25, 0.3) is 0 Å². The quantitative estimate of drug-likeness (QED) is 0.407. The summed E-state index contributed by atoms with van der Waals surface area (Å²) in [6, 6.07) is 19.6. The summed E-state index contributed by atoms with van der Waals surface area (Å²) < 4.78 is 16.6. The molecule has 3 aromatic rings. The number of hydrogen-bond acceptors (Lipinski definition) is 5. The van der Waals surface area contributed by atoms with Gasteiger partial charge >= 0.3 is 0 Å². The molecule has 1 N–H and O–H groups in total. The molecule has 0 aliphatic rings. The van der Waals surface area contributed by atoms with Crippen molar-refractivity contribution >= 4 is 5.96 Å². The molecule has 0 bridgehead atoms. The van der Waals surface area contributed by atoms with Gasteiger partial charge in [-0.3, -0.25) is 9.98 Å². The molecule has 0 amide bonds. The maximum Gasteiger partial charge on any atom is 0.193 e. The van der Waals surface area contributed by atoms with Crippen molar-refractivity contribution in [1.82, 2.24) is 15.2 Å². The van der Waals surface area contributed by atoms with E-state index in [0.29, 0.717) is 19.7 Å². The molecule has 1 heterocycles. The number of aromatic nitrogens is 1. The lowest BCUT2D eigenvalue weighted by Crippen LogP contribution is -2.38. The zero-order valence-electron chi connectivity index (χ0n) is 19.0. The summed E-state index contributed by atoms with van der Waals surface area (Å²) in [6.45, 7) is 1.75. The van der Waals surface area contributed by atoms with Crippen LogP contribution in [0.15, 0.2) is 71.9 Å². The first kappa shape index (κ1) is 22.9. The fourth-order valence-corrected chi connectivity index (χ4v) is 3.22. The van der Waals surface area contributed by atoms with Gasteiger partial charge in [-0.2, -0.15) is 0 Å². The van der Waals surface area contributed by atoms with Crippen molar-refractivity contribution in [3.8, 4) is 17.2 Å². The van der Waals surface area contributed by atoms with Gasteiger partial charge in [-0.25, -0.2) is 0 Å². The maximum atomic E-state index is 5.80. The molecule has 2 aromatic carbocycles. The summed E-state index contributed by atoms with van der Waals surface area (Å²) in [7, 11) is 7.08. The third-order valence-corrected chi connectivity index (χ3v) is 4.96. The summed E-state index contributed by atoms with van der Waals surface area (Å²) in [6.07, 6.45) is 1.77. The van der Waals surface area contributed by atoms with E-state index in [9.17, 15) is 0 Å². The molecule has 7 heteroatoms. The van der Waals surface area contributed by atoms with Crippen LogP contribution >= 0.6 is 0 Å². The van der Waals surface area contributed by atoms with Crippen molar-refractivity contribution in [1.29, 1.82) is 0 Å². The Morgan fingerprint density at radius 1 is 1.00 bits per heavy atom. The van der Waals surface area contributed by atoms with E-state index in [0.717, 1.165) is 40.0 Å². The third-order valence-electron chi connectivity index (χ3n) is 4.96. The summed E-state index contributed by atoms with van der Waals surface area (Å²) in [4.78, 5) is 10.7. The number of ether oxygens (including phenoxy) is 3. The minimum absolute atomic E-state index is 0.449. The number of guanidine groups is 1. The molecule has 0 atom stereocenters. The van der Waals surface area contributed by atoms with Crippen LogP contribution in [0.1, 0.15) is 16.8 Å². The molecule has 0 aliphatic carbocycles. The fraction of sp³-hybridized carbons (Fsp3) is 0.280. The Labute approximate surface area is 189 Å². The maximum absolute atomic E-state index is 5.80. The monoisotopic (exact) mass is 434 g/mol. The number of hydrogen-bond donors (Lipinski definition) is 1. The zero-order chi connectivity index (χ0) is 22.8. The number of pyridine rings is 1. The second kappa shape index (κ2) is 11.6. The molecular formula is C25H30N4O3. The highest BCUT2D eigenvalue weighted by Gasteiger charge is 2.11. The smallest absolute Gasteiger partial charge is 0.193 e. The average Bonchev–Trinajstić information content (AvgIpc) is 2.84. The van der Waals surface area contributed by atoms with Crippen LogP contribution in [0.2, 0.25) is 0 Å². The molecule has 168 valence electrons. The van der Waals surface area contributed by atoms with Crippen LogP contribution < -0.4 is 19.5 Å². The van der Waals surface area contributed by atoms with E-state index in [1.807, 2.05) is 67.7 Å². The first-order chi connectivity index (χ1) is 15.6. The van der Waals surface area contributed by atoms with Crippen molar-refractivity contribution in [3.63, 3.8) is 0 Å². The SMILES string of the molecule is CN=C(NCc1ccc(OCc2ccccn2)cc1)N(C)Cc1ccc(OC)cc1OC. The van der Waals surface area contributed by atoms with Crippen molar-refractivity contribution in [2.24, 2.45) is 4.99 Å². The van der Waals surface area contributed by atoms with Crippen molar-refractivity contribution in [3.05, 3.63) is 83.7 Å². The third kappa shape index (κ3) is 6.38. The molecule has 32 heavy (non-hydrogen) atoms. The summed E-state index contributed by atoms with van der Waals surface area (Å²) in [5, 5.41) is 3.40. The summed E-state index contributed by atoms with van der Waals surface area (Å²) >= 11 is 0. The highest BCUT2D eigenvalue weighted by molar-refractivity contribution is 5.79. The van der Waals surface area contributed by atoms with Crippen LogP contribution in [0, 0.1) is 0 Å². The first-order valence-electron chi connectivity index (χ1n) is 10.4. The van der Waals surface area contributed by atoms with E-state index >= 15 is 0 Å². The van der Waals surface area contributed by atoms with Gasteiger partial charge < -0.3 is 24.4 Å². The zero-order valence-corrected chi connectivity index (χ0v) is 19.0. The molecule has 0 unspecified atom stereocenters. The van der Waals surface area contributed by atoms with Crippen LogP contribution in [-0.2, 0) is 19.7 Å². The van der Waals surface area contributed by atoms with E-state index in [-0.39, 0.29) is 0 Å². The number of rotatable bonds is 9. The van der Waals surface area contributed by atoms with Crippen LogP contribution in [-0.4, -0.2) is 44.2 Å². The van der Waals surface area contributed by atoms with Crippen molar-refractivity contribution < 1.29 is 14.2 Å². The molecule has 0 spiro atoms. The number of nitrogens with zero attached hydrogens (tertiary/aromatic N) is 3. The molecule has 0 aliphatic heterocycles. The van der Waals surface area contributed by atoms with Crippen LogP contribution in [0.5, 0.6) is 17.2 Å². The predicted octanol–water partition coefficient (Wildman–Crippen LogP) is 3.89. The predicted molar refractivity (Wildman–Crippen MR) is 126 cm³/mol. The van der Waals surface area contributed by atoms with E-state index in [1.54, 1.807) is 27.5 Å². The number of aliphatic imine (C=N–C) groups is 1. The van der Waals surface area contributed by atoms with E-state index in [2.05, 4.69) is 20.2 Å². The second-order valence-electron chi connectivity index (χ2n) is 7.19. The molecule has 0 saturated heterocycles. The largest absolute Gasteiger partial charge is 0.497 e. The van der Waals surface area contributed by atoms with Gasteiger partial charge in [0.1, 0.15) is 23.9 Å². The first-order valence-corrected chi connectivity index (χ1v) is 10.4. The average molecular weight is 435 g/mol. The Bertz CT molecular complexity index is 1010. The number of methoxy groups -OCH3 is 2. The molecule has 3 rings (SSSR count). The van der Waals surface area contributed by atoms with Crippen molar-refractivity contribution in [2.75, 3.05) is 28.3 Å². The molecule has 0 fully saturated rings. The van der Waals surface area contributed by atoms with Gasteiger partial charge in [-0.1, -0.05) is 18.2 Å². The van der Waals surface area contributed by atoms with Gasteiger partial charge in [0.15, 0.2) is 5.96 Å². The van der Waals surface area contributed by atoms with E-state index in [1.165, 1.54) is 0 Å². The Kier molecular flexibility index (Phi) is 8.31.